The molecule has 0 aliphatic carbocycles. The lowest BCUT2D eigenvalue weighted by atomic mass is 9.87. The molecule has 0 spiro atoms. The van der Waals surface area contributed by atoms with Gasteiger partial charge in [0.25, 0.3) is 11.8 Å². The summed E-state index contributed by atoms with van der Waals surface area (Å²) in [5.41, 5.74) is 4.38. The summed E-state index contributed by atoms with van der Waals surface area (Å²) in [5.74, 6) is 0.234. The average Bonchev–Trinajstić information content (AvgIpc) is 3.31. The maximum absolute atomic E-state index is 13.1. The first kappa shape index (κ1) is 20.0. The molecule has 0 radical (unpaired) electrons. The first-order chi connectivity index (χ1) is 15.3. The Morgan fingerprint density at radius 1 is 0.906 bits per heavy atom. The van der Waals surface area contributed by atoms with Crippen LogP contribution in [0.4, 0.5) is 5.69 Å². The summed E-state index contributed by atoms with van der Waals surface area (Å²) >= 11 is 0. The normalized spacial score (nSPS) is 13.7. The lowest BCUT2D eigenvalue weighted by molar-refractivity contribution is 0.0926. The Bertz CT molecular complexity index is 1390. The van der Waals surface area contributed by atoms with Gasteiger partial charge in [-0.3, -0.25) is 9.59 Å². The van der Waals surface area contributed by atoms with Crippen LogP contribution >= 0.6 is 0 Å². The molecule has 0 unspecified atom stereocenters. The topological polar surface area (TPSA) is 72.6 Å². The van der Waals surface area contributed by atoms with E-state index in [1.54, 1.807) is 49.6 Å². The molecule has 32 heavy (non-hydrogen) atoms. The van der Waals surface area contributed by atoms with Crippen LogP contribution in [0.3, 0.4) is 0 Å². The van der Waals surface area contributed by atoms with E-state index in [0.29, 0.717) is 39.6 Å². The molecule has 0 saturated heterocycles. The number of carbonyl (C=O) groups excluding carboxylic acids is 2. The van der Waals surface area contributed by atoms with Crippen LogP contribution in [-0.2, 0) is 5.41 Å². The van der Waals surface area contributed by atoms with Crippen molar-refractivity contribution in [3.8, 4) is 17.2 Å². The molecule has 6 nitrogen and oxygen atoms in total. The number of nitrogens with zero attached hydrogens (tertiary/aromatic N) is 2. The lowest BCUT2D eigenvalue weighted by Crippen LogP contribution is -2.29. The Morgan fingerprint density at radius 3 is 2.44 bits per heavy atom. The number of benzene rings is 3. The number of amides is 2. The summed E-state index contributed by atoms with van der Waals surface area (Å²) in [7, 11) is 1.54. The number of methoxy groups -OCH3 is 1. The minimum Gasteiger partial charge on any atom is -0.497 e. The molecule has 2 heterocycles. The SMILES string of the molecule is COc1cccc(N2C(=O)c3ccc(-c4nc5cc(C(C)(C)C)ccc5o4)cc3C2=O)c1. The zero-order valence-electron chi connectivity index (χ0n) is 18.3. The molecular weight excluding hydrogens is 404 g/mol. The first-order valence-electron chi connectivity index (χ1n) is 10.3. The second-order valence-corrected chi connectivity index (χ2v) is 8.86. The number of fused-ring (bicyclic) bond motifs is 2. The summed E-state index contributed by atoms with van der Waals surface area (Å²) in [5, 5.41) is 0. The zero-order chi connectivity index (χ0) is 22.6. The minimum atomic E-state index is -0.383. The van der Waals surface area contributed by atoms with Gasteiger partial charge < -0.3 is 9.15 Å². The third-order valence-corrected chi connectivity index (χ3v) is 5.70. The molecule has 4 aromatic rings. The van der Waals surface area contributed by atoms with Gasteiger partial charge in [-0.05, 0) is 53.4 Å². The molecule has 0 fully saturated rings. The van der Waals surface area contributed by atoms with Gasteiger partial charge in [0.15, 0.2) is 5.58 Å². The largest absolute Gasteiger partial charge is 0.497 e. The van der Waals surface area contributed by atoms with Crippen LogP contribution in [0.2, 0.25) is 0 Å². The Morgan fingerprint density at radius 2 is 1.69 bits per heavy atom. The number of hydrogen-bond acceptors (Lipinski definition) is 5. The van der Waals surface area contributed by atoms with Crippen LogP contribution in [0.5, 0.6) is 5.75 Å². The third-order valence-electron chi connectivity index (χ3n) is 5.70. The van der Waals surface area contributed by atoms with Crippen molar-refractivity contribution in [3.05, 3.63) is 77.4 Å². The van der Waals surface area contributed by atoms with Crippen molar-refractivity contribution < 1.29 is 18.7 Å². The third kappa shape index (κ3) is 3.15. The van der Waals surface area contributed by atoms with Crippen molar-refractivity contribution in [2.75, 3.05) is 12.0 Å². The van der Waals surface area contributed by atoms with Crippen molar-refractivity contribution in [2.45, 2.75) is 26.2 Å². The molecule has 0 bridgehead atoms. The van der Waals surface area contributed by atoms with Gasteiger partial charge in [-0.25, -0.2) is 9.88 Å². The quantitative estimate of drug-likeness (QED) is 0.399. The van der Waals surface area contributed by atoms with Crippen molar-refractivity contribution in [1.82, 2.24) is 4.98 Å². The van der Waals surface area contributed by atoms with Gasteiger partial charge in [-0.2, -0.15) is 0 Å². The number of aromatic nitrogens is 1. The molecule has 160 valence electrons. The molecule has 2 amide bonds. The highest BCUT2D eigenvalue weighted by molar-refractivity contribution is 6.34. The molecule has 0 atom stereocenters. The van der Waals surface area contributed by atoms with E-state index >= 15 is 0 Å². The number of ether oxygens (including phenoxy) is 1. The molecule has 3 aromatic carbocycles. The van der Waals surface area contributed by atoms with E-state index in [0.717, 1.165) is 11.1 Å². The second kappa shape index (κ2) is 7.05. The van der Waals surface area contributed by atoms with Crippen molar-refractivity contribution in [1.29, 1.82) is 0 Å². The van der Waals surface area contributed by atoms with E-state index in [2.05, 4.69) is 25.8 Å². The monoisotopic (exact) mass is 426 g/mol. The minimum absolute atomic E-state index is 0.00275. The van der Waals surface area contributed by atoms with Crippen LogP contribution in [0.1, 0.15) is 47.1 Å². The fourth-order valence-electron chi connectivity index (χ4n) is 3.88. The molecule has 0 saturated carbocycles. The number of carbonyl (C=O) groups is 2. The van der Waals surface area contributed by atoms with Crippen LogP contribution in [0, 0.1) is 0 Å². The Balaban J connectivity index is 1.54. The molecule has 1 aliphatic rings. The number of rotatable bonds is 3. The van der Waals surface area contributed by atoms with Crippen LogP contribution in [-0.4, -0.2) is 23.9 Å². The van der Waals surface area contributed by atoms with Gasteiger partial charge in [0.1, 0.15) is 11.3 Å². The van der Waals surface area contributed by atoms with Crippen LogP contribution in [0.15, 0.2) is 65.1 Å². The van der Waals surface area contributed by atoms with Crippen molar-refractivity contribution >= 4 is 28.6 Å². The average molecular weight is 426 g/mol. The summed E-state index contributed by atoms with van der Waals surface area (Å²) in [6.07, 6.45) is 0. The summed E-state index contributed by atoms with van der Waals surface area (Å²) in [6.45, 7) is 6.44. The summed E-state index contributed by atoms with van der Waals surface area (Å²) in [4.78, 5) is 31.9. The van der Waals surface area contributed by atoms with Gasteiger partial charge >= 0.3 is 0 Å². The van der Waals surface area contributed by atoms with E-state index in [1.165, 1.54) is 4.90 Å². The fourth-order valence-corrected chi connectivity index (χ4v) is 3.88. The van der Waals surface area contributed by atoms with E-state index in [9.17, 15) is 9.59 Å². The van der Waals surface area contributed by atoms with E-state index < -0.39 is 0 Å². The summed E-state index contributed by atoms with van der Waals surface area (Å²) in [6, 6.07) is 17.9. The predicted molar refractivity (Wildman–Crippen MR) is 122 cm³/mol. The highest BCUT2D eigenvalue weighted by Crippen LogP contribution is 2.34. The fraction of sp³-hybridized carbons (Fsp3) is 0.192. The maximum atomic E-state index is 13.1. The number of imide groups is 1. The molecule has 1 aromatic heterocycles. The van der Waals surface area contributed by atoms with Gasteiger partial charge in [0.2, 0.25) is 5.89 Å². The Labute approximate surface area is 185 Å². The van der Waals surface area contributed by atoms with E-state index in [4.69, 9.17) is 9.15 Å². The second-order valence-electron chi connectivity index (χ2n) is 8.86. The van der Waals surface area contributed by atoms with Crippen LogP contribution in [0.25, 0.3) is 22.6 Å². The van der Waals surface area contributed by atoms with E-state index in [1.807, 2.05) is 18.2 Å². The number of hydrogen-bond donors (Lipinski definition) is 0. The first-order valence-corrected chi connectivity index (χ1v) is 10.3. The molecular formula is C26H22N2O4. The zero-order valence-corrected chi connectivity index (χ0v) is 18.3. The van der Waals surface area contributed by atoms with Gasteiger partial charge in [-0.15, -0.1) is 0 Å². The smallest absolute Gasteiger partial charge is 0.266 e. The summed E-state index contributed by atoms with van der Waals surface area (Å²) < 4.78 is 11.2. The van der Waals surface area contributed by atoms with Crippen LogP contribution < -0.4 is 9.64 Å². The molecule has 6 heteroatoms. The lowest BCUT2D eigenvalue weighted by Gasteiger charge is -2.18. The maximum Gasteiger partial charge on any atom is 0.266 e. The highest BCUT2D eigenvalue weighted by atomic mass is 16.5. The predicted octanol–water partition coefficient (Wildman–Crippen LogP) is 5.60. The Kier molecular flexibility index (Phi) is 4.41. The molecule has 1 aliphatic heterocycles. The van der Waals surface area contributed by atoms with Gasteiger partial charge in [0, 0.05) is 11.6 Å². The van der Waals surface area contributed by atoms with Gasteiger partial charge in [-0.1, -0.05) is 32.9 Å². The van der Waals surface area contributed by atoms with Crippen molar-refractivity contribution in [2.24, 2.45) is 0 Å². The van der Waals surface area contributed by atoms with Gasteiger partial charge in [0.05, 0.1) is 23.9 Å². The van der Waals surface area contributed by atoms with Crippen molar-refractivity contribution in [3.63, 3.8) is 0 Å². The standard InChI is InChI=1S/C26H22N2O4/c1-26(2,3)16-9-11-22-21(13-16)27-23(32-22)15-8-10-19-20(12-15)25(30)28(24(19)29)17-6-5-7-18(14-17)31-4/h5-14H,1-4H3. The number of oxazole rings is 1. The molecule has 5 rings (SSSR count). The molecule has 0 N–H and O–H groups in total. The number of anilines is 1. The van der Waals surface area contributed by atoms with E-state index in [-0.39, 0.29) is 17.2 Å². The highest BCUT2D eigenvalue weighted by Gasteiger charge is 2.37. The Hall–Kier alpha value is -3.93.